The predicted octanol–water partition coefficient (Wildman–Crippen LogP) is 1.50. The van der Waals surface area contributed by atoms with Crippen molar-refractivity contribution in [2.24, 2.45) is 5.92 Å². The van der Waals surface area contributed by atoms with E-state index in [2.05, 4.69) is 5.32 Å². The standard InChI is InChI=1S/C13H23FN2O2/c1-9(2)8-10-11(17)16(7-5-6-14)13(3,4)12(18)15-10/h9-10H,5-8H2,1-4H3,(H,15,18). The van der Waals surface area contributed by atoms with Crippen molar-refractivity contribution in [1.82, 2.24) is 10.2 Å². The summed E-state index contributed by atoms with van der Waals surface area (Å²) in [6.45, 7) is 7.23. The fourth-order valence-corrected chi connectivity index (χ4v) is 2.22. The van der Waals surface area contributed by atoms with Crippen LogP contribution < -0.4 is 5.32 Å². The summed E-state index contributed by atoms with van der Waals surface area (Å²) in [7, 11) is 0. The molecule has 0 spiro atoms. The lowest BCUT2D eigenvalue weighted by atomic mass is 9.92. The fourth-order valence-electron chi connectivity index (χ4n) is 2.22. The molecule has 18 heavy (non-hydrogen) atoms. The number of amides is 2. The van der Waals surface area contributed by atoms with Gasteiger partial charge in [-0.2, -0.15) is 0 Å². The van der Waals surface area contributed by atoms with Crippen LogP contribution in [-0.2, 0) is 9.59 Å². The number of nitrogens with one attached hydrogen (secondary N) is 1. The van der Waals surface area contributed by atoms with Crippen molar-refractivity contribution in [3.05, 3.63) is 0 Å². The zero-order valence-electron chi connectivity index (χ0n) is 11.6. The van der Waals surface area contributed by atoms with Gasteiger partial charge in [0.05, 0.1) is 6.67 Å². The summed E-state index contributed by atoms with van der Waals surface area (Å²) in [5.41, 5.74) is -0.889. The highest BCUT2D eigenvalue weighted by Crippen LogP contribution is 2.23. The number of carbonyl (C=O) groups excluding carboxylic acids is 2. The Balaban J connectivity index is 2.87. The van der Waals surface area contributed by atoms with Gasteiger partial charge in [0.2, 0.25) is 11.8 Å². The largest absolute Gasteiger partial charge is 0.342 e. The lowest BCUT2D eigenvalue weighted by Gasteiger charge is -2.44. The van der Waals surface area contributed by atoms with E-state index in [4.69, 9.17) is 0 Å². The molecule has 0 aromatic rings. The monoisotopic (exact) mass is 258 g/mol. The maximum Gasteiger partial charge on any atom is 0.246 e. The highest BCUT2D eigenvalue weighted by Gasteiger charge is 2.45. The molecular formula is C13H23FN2O2. The van der Waals surface area contributed by atoms with Crippen molar-refractivity contribution in [3.63, 3.8) is 0 Å². The fraction of sp³-hybridized carbons (Fsp3) is 0.846. The number of hydrogen-bond donors (Lipinski definition) is 1. The van der Waals surface area contributed by atoms with Gasteiger partial charge >= 0.3 is 0 Å². The molecule has 1 saturated heterocycles. The van der Waals surface area contributed by atoms with Crippen molar-refractivity contribution < 1.29 is 14.0 Å². The Hall–Kier alpha value is -1.13. The van der Waals surface area contributed by atoms with Gasteiger partial charge in [-0.15, -0.1) is 0 Å². The van der Waals surface area contributed by atoms with Crippen LogP contribution in [0.4, 0.5) is 4.39 Å². The minimum absolute atomic E-state index is 0.0956. The second-order valence-electron chi connectivity index (χ2n) is 5.75. The first-order chi connectivity index (χ1) is 8.30. The van der Waals surface area contributed by atoms with Gasteiger partial charge in [-0.05, 0) is 32.6 Å². The minimum atomic E-state index is -0.889. The molecule has 0 radical (unpaired) electrons. The van der Waals surface area contributed by atoms with Crippen LogP contribution in [0, 0.1) is 5.92 Å². The average Bonchev–Trinajstić information content (AvgIpc) is 2.25. The molecule has 0 aromatic carbocycles. The zero-order valence-corrected chi connectivity index (χ0v) is 11.6. The van der Waals surface area contributed by atoms with Gasteiger partial charge in [-0.25, -0.2) is 0 Å². The summed E-state index contributed by atoms with van der Waals surface area (Å²) in [4.78, 5) is 25.9. The third kappa shape index (κ3) is 3.00. The van der Waals surface area contributed by atoms with Crippen LogP contribution >= 0.6 is 0 Å². The number of halogens is 1. The SMILES string of the molecule is CC(C)CC1NC(=O)C(C)(C)N(CCCF)C1=O. The number of alkyl halides is 1. The molecule has 1 aliphatic heterocycles. The Morgan fingerprint density at radius 2 is 2.00 bits per heavy atom. The molecule has 5 heteroatoms. The van der Waals surface area contributed by atoms with E-state index >= 15 is 0 Å². The van der Waals surface area contributed by atoms with Gasteiger partial charge in [0.25, 0.3) is 0 Å². The number of piperazine rings is 1. The third-order valence-corrected chi connectivity index (χ3v) is 3.32. The Morgan fingerprint density at radius 1 is 1.39 bits per heavy atom. The first-order valence-electron chi connectivity index (χ1n) is 6.49. The summed E-state index contributed by atoms with van der Waals surface area (Å²) in [5.74, 6) is 0.0665. The number of carbonyl (C=O) groups is 2. The average molecular weight is 258 g/mol. The summed E-state index contributed by atoms with van der Waals surface area (Å²) < 4.78 is 12.3. The van der Waals surface area contributed by atoms with Crippen LogP contribution in [0.25, 0.3) is 0 Å². The molecule has 1 N–H and O–H groups in total. The third-order valence-electron chi connectivity index (χ3n) is 3.32. The molecule has 2 amide bonds. The summed E-state index contributed by atoms with van der Waals surface area (Å²) in [6.07, 6.45) is 0.892. The maximum absolute atomic E-state index is 12.3. The van der Waals surface area contributed by atoms with Crippen molar-refractivity contribution in [3.8, 4) is 0 Å². The normalized spacial score (nSPS) is 23.4. The van der Waals surface area contributed by atoms with Gasteiger partial charge in [0.15, 0.2) is 0 Å². The lowest BCUT2D eigenvalue weighted by molar-refractivity contribution is -0.155. The second-order valence-corrected chi connectivity index (χ2v) is 5.75. The quantitative estimate of drug-likeness (QED) is 0.812. The van der Waals surface area contributed by atoms with E-state index in [1.165, 1.54) is 4.90 Å². The predicted molar refractivity (Wildman–Crippen MR) is 67.8 cm³/mol. The topological polar surface area (TPSA) is 49.4 Å². The highest BCUT2D eigenvalue weighted by molar-refractivity contribution is 5.99. The van der Waals surface area contributed by atoms with E-state index in [9.17, 15) is 14.0 Å². The summed E-state index contributed by atoms with van der Waals surface area (Å²) in [5, 5.41) is 2.77. The van der Waals surface area contributed by atoms with E-state index in [1.54, 1.807) is 13.8 Å². The summed E-state index contributed by atoms with van der Waals surface area (Å²) in [6, 6.07) is -0.467. The van der Waals surface area contributed by atoms with Crippen LogP contribution in [0.3, 0.4) is 0 Å². The van der Waals surface area contributed by atoms with Gasteiger partial charge < -0.3 is 10.2 Å². The zero-order chi connectivity index (χ0) is 13.9. The molecule has 4 nitrogen and oxygen atoms in total. The van der Waals surface area contributed by atoms with Gasteiger partial charge in [-0.1, -0.05) is 13.8 Å². The molecule has 0 bridgehead atoms. The number of rotatable bonds is 5. The van der Waals surface area contributed by atoms with E-state index in [-0.39, 0.29) is 18.2 Å². The number of nitrogens with zero attached hydrogens (tertiary/aromatic N) is 1. The van der Waals surface area contributed by atoms with Crippen LogP contribution in [0.2, 0.25) is 0 Å². The second kappa shape index (κ2) is 5.67. The molecular weight excluding hydrogens is 235 g/mol. The highest BCUT2D eigenvalue weighted by atomic mass is 19.1. The van der Waals surface area contributed by atoms with Crippen molar-refractivity contribution >= 4 is 11.8 Å². The van der Waals surface area contributed by atoms with Crippen molar-refractivity contribution in [1.29, 1.82) is 0 Å². The Bertz CT molecular complexity index is 329. The van der Waals surface area contributed by atoms with Crippen LogP contribution in [0.1, 0.15) is 40.5 Å². The molecule has 1 heterocycles. The van der Waals surface area contributed by atoms with Gasteiger partial charge in [-0.3, -0.25) is 14.0 Å². The van der Waals surface area contributed by atoms with E-state index in [0.717, 1.165) is 0 Å². The Kier molecular flexibility index (Phi) is 4.71. The van der Waals surface area contributed by atoms with E-state index < -0.39 is 18.3 Å². The van der Waals surface area contributed by atoms with Crippen LogP contribution in [0.15, 0.2) is 0 Å². The Labute approximate surface area is 108 Å². The van der Waals surface area contributed by atoms with Crippen LogP contribution in [0.5, 0.6) is 0 Å². The van der Waals surface area contributed by atoms with E-state index in [1.807, 2.05) is 13.8 Å². The molecule has 1 fully saturated rings. The molecule has 104 valence electrons. The number of hydrogen-bond acceptors (Lipinski definition) is 2. The first kappa shape index (κ1) is 14.9. The van der Waals surface area contributed by atoms with Gasteiger partial charge in [0, 0.05) is 6.54 Å². The molecule has 1 rings (SSSR count). The lowest BCUT2D eigenvalue weighted by Crippen LogP contribution is -2.68. The van der Waals surface area contributed by atoms with Gasteiger partial charge in [0.1, 0.15) is 11.6 Å². The molecule has 1 unspecified atom stereocenters. The summed E-state index contributed by atoms with van der Waals surface area (Å²) >= 11 is 0. The minimum Gasteiger partial charge on any atom is -0.342 e. The smallest absolute Gasteiger partial charge is 0.246 e. The molecule has 0 aromatic heterocycles. The van der Waals surface area contributed by atoms with Crippen molar-refractivity contribution in [2.45, 2.75) is 52.1 Å². The van der Waals surface area contributed by atoms with Crippen molar-refractivity contribution in [2.75, 3.05) is 13.2 Å². The first-order valence-corrected chi connectivity index (χ1v) is 6.49. The maximum atomic E-state index is 12.3. The molecule has 0 aliphatic carbocycles. The van der Waals surface area contributed by atoms with Crippen LogP contribution in [-0.4, -0.2) is 41.5 Å². The molecule has 1 atom stereocenters. The Morgan fingerprint density at radius 3 is 2.50 bits per heavy atom. The molecule has 1 aliphatic rings. The van der Waals surface area contributed by atoms with E-state index in [0.29, 0.717) is 18.9 Å². The molecule has 0 saturated carbocycles.